The number of aromatic nitrogens is 1. The second kappa shape index (κ2) is 6.55. The Balaban J connectivity index is 1.96. The number of nitriles is 1. The van der Waals surface area contributed by atoms with E-state index in [1.165, 1.54) is 16.7 Å². The van der Waals surface area contributed by atoms with Crippen molar-refractivity contribution in [3.63, 3.8) is 0 Å². The van der Waals surface area contributed by atoms with Crippen LogP contribution in [-0.2, 0) is 0 Å². The van der Waals surface area contributed by atoms with E-state index in [1.807, 2.05) is 36.4 Å². The summed E-state index contributed by atoms with van der Waals surface area (Å²) < 4.78 is 0. The minimum Gasteiger partial charge on any atom is -0.339 e. The lowest BCUT2D eigenvalue weighted by Crippen LogP contribution is -1.99. The maximum absolute atomic E-state index is 9.49. The summed E-state index contributed by atoms with van der Waals surface area (Å²) in [5, 5.41) is 12.8. The Morgan fingerprint density at radius 3 is 2.21 bits per heavy atom. The quantitative estimate of drug-likeness (QED) is 0.714. The Morgan fingerprint density at radius 1 is 0.917 bits per heavy atom. The van der Waals surface area contributed by atoms with Gasteiger partial charge >= 0.3 is 0 Å². The number of hydrogen-bond acceptors (Lipinski definition) is 3. The van der Waals surface area contributed by atoms with Gasteiger partial charge in [-0.2, -0.15) is 5.26 Å². The Hall–Kier alpha value is -3.12. The van der Waals surface area contributed by atoms with Gasteiger partial charge in [-0.15, -0.1) is 0 Å². The van der Waals surface area contributed by atoms with Gasteiger partial charge in [0.1, 0.15) is 11.9 Å². The second-order valence-electron chi connectivity index (χ2n) is 5.96. The van der Waals surface area contributed by atoms with Gasteiger partial charge in [-0.05, 0) is 61.2 Å². The fraction of sp³-hybridized carbons (Fsp3) is 0.143. The molecule has 1 aromatic heterocycles. The standard InChI is InChI=1S/C21H19N3/c1-14-9-20(10-15(2)16(14)3)24-21-18(12-22)11-19(13-23-21)17-7-5-4-6-8-17/h4-11,13H,1-3H3,(H,23,24). The molecule has 1 N–H and O–H groups in total. The van der Waals surface area contributed by atoms with Crippen molar-refractivity contribution in [3.8, 4) is 17.2 Å². The first-order valence-electron chi connectivity index (χ1n) is 7.89. The summed E-state index contributed by atoms with van der Waals surface area (Å²) >= 11 is 0. The van der Waals surface area contributed by atoms with Crippen molar-refractivity contribution >= 4 is 11.5 Å². The largest absolute Gasteiger partial charge is 0.339 e. The first-order valence-corrected chi connectivity index (χ1v) is 7.89. The first kappa shape index (κ1) is 15.8. The molecule has 0 bridgehead atoms. The number of benzene rings is 2. The van der Waals surface area contributed by atoms with E-state index >= 15 is 0 Å². The Morgan fingerprint density at radius 2 is 1.58 bits per heavy atom. The molecule has 118 valence electrons. The first-order chi connectivity index (χ1) is 11.6. The molecule has 0 amide bonds. The molecule has 3 heteroatoms. The fourth-order valence-electron chi connectivity index (χ4n) is 2.68. The van der Waals surface area contributed by atoms with Crippen LogP contribution in [-0.4, -0.2) is 4.98 Å². The molecule has 0 aliphatic rings. The molecular formula is C21H19N3. The summed E-state index contributed by atoms with van der Waals surface area (Å²) in [4.78, 5) is 4.47. The molecule has 0 aliphatic heterocycles. The highest BCUT2D eigenvalue weighted by atomic mass is 15.0. The molecule has 1 heterocycles. The van der Waals surface area contributed by atoms with Gasteiger partial charge < -0.3 is 5.32 Å². The van der Waals surface area contributed by atoms with Crippen LogP contribution in [0.5, 0.6) is 0 Å². The van der Waals surface area contributed by atoms with E-state index in [0.29, 0.717) is 11.4 Å². The van der Waals surface area contributed by atoms with Crippen LogP contribution >= 0.6 is 0 Å². The number of pyridine rings is 1. The lowest BCUT2D eigenvalue weighted by atomic mass is 10.0. The summed E-state index contributed by atoms with van der Waals surface area (Å²) in [5.41, 5.74) is 7.20. The van der Waals surface area contributed by atoms with Gasteiger partial charge in [0.2, 0.25) is 0 Å². The van der Waals surface area contributed by atoms with E-state index in [1.54, 1.807) is 6.20 Å². The van der Waals surface area contributed by atoms with Crippen LogP contribution in [0.15, 0.2) is 54.7 Å². The minimum absolute atomic E-state index is 0.534. The highest BCUT2D eigenvalue weighted by Gasteiger charge is 2.08. The second-order valence-corrected chi connectivity index (χ2v) is 5.96. The zero-order valence-electron chi connectivity index (χ0n) is 14.1. The number of aryl methyl sites for hydroxylation is 2. The van der Waals surface area contributed by atoms with Crippen molar-refractivity contribution in [1.82, 2.24) is 4.98 Å². The van der Waals surface area contributed by atoms with Crippen LogP contribution in [0.4, 0.5) is 11.5 Å². The predicted octanol–water partition coefficient (Wildman–Crippen LogP) is 5.29. The number of anilines is 2. The zero-order valence-corrected chi connectivity index (χ0v) is 14.1. The van der Waals surface area contributed by atoms with E-state index in [9.17, 15) is 5.26 Å². The van der Waals surface area contributed by atoms with Crippen molar-refractivity contribution in [2.45, 2.75) is 20.8 Å². The summed E-state index contributed by atoms with van der Waals surface area (Å²) in [6.07, 6.45) is 1.80. The average molecular weight is 313 g/mol. The fourth-order valence-corrected chi connectivity index (χ4v) is 2.68. The average Bonchev–Trinajstić information content (AvgIpc) is 2.60. The van der Waals surface area contributed by atoms with Gasteiger partial charge in [0.15, 0.2) is 0 Å². The van der Waals surface area contributed by atoms with Crippen molar-refractivity contribution < 1.29 is 0 Å². The van der Waals surface area contributed by atoms with Crippen LogP contribution in [0.2, 0.25) is 0 Å². The molecule has 0 spiro atoms. The van der Waals surface area contributed by atoms with Crippen molar-refractivity contribution in [1.29, 1.82) is 5.26 Å². The molecule has 0 aliphatic carbocycles. The predicted molar refractivity (Wildman–Crippen MR) is 98.3 cm³/mol. The molecule has 24 heavy (non-hydrogen) atoms. The van der Waals surface area contributed by atoms with Gasteiger partial charge in [0.25, 0.3) is 0 Å². The topological polar surface area (TPSA) is 48.7 Å². The molecule has 3 rings (SSSR count). The number of nitrogens with one attached hydrogen (secondary N) is 1. The summed E-state index contributed by atoms with van der Waals surface area (Å²) in [6.45, 7) is 6.29. The molecule has 0 fully saturated rings. The van der Waals surface area contributed by atoms with Crippen LogP contribution in [0.1, 0.15) is 22.3 Å². The maximum atomic E-state index is 9.49. The number of rotatable bonds is 3. The molecule has 0 unspecified atom stereocenters. The molecule has 2 aromatic carbocycles. The molecule has 3 nitrogen and oxygen atoms in total. The Kier molecular flexibility index (Phi) is 4.31. The lowest BCUT2D eigenvalue weighted by Gasteiger charge is -2.12. The van der Waals surface area contributed by atoms with Crippen molar-refractivity contribution in [3.05, 3.63) is 77.0 Å². The molecular weight excluding hydrogens is 294 g/mol. The van der Waals surface area contributed by atoms with Crippen LogP contribution in [0.25, 0.3) is 11.1 Å². The van der Waals surface area contributed by atoms with E-state index in [0.717, 1.165) is 16.8 Å². The Bertz CT molecular complexity index is 899. The lowest BCUT2D eigenvalue weighted by molar-refractivity contribution is 1.24. The van der Waals surface area contributed by atoms with E-state index in [2.05, 4.69) is 49.3 Å². The third-order valence-electron chi connectivity index (χ3n) is 4.31. The molecule has 0 saturated carbocycles. The third-order valence-corrected chi connectivity index (χ3v) is 4.31. The van der Waals surface area contributed by atoms with E-state index in [4.69, 9.17) is 0 Å². The monoisotopic (exact) mass is 313 g/mol. The highest BCUT2D eigenvalue weighted by Crippen LogP contribution is 2.26. The smallest absolute Gasteiger partial charge is 0.148 e. The SMILES string of the molecule is Cc1cc(Nc2ncc(-c3ccccc3)cc2C#N)cc(C)c1C. The zero-order chi connectivity index (χ0) is 17.1. The molecule has 0 atom stereocenters. The van der Waals surface area contributed by atoms with E-state index in [-0.39, 0.29) is 0 Å². The third kappa shape index (κ3) is 3.13. The van der Waals surface area contributed by atoms with Crippen molar-refractivity contribution in [2.75, 3.05) is 5.32 Å². The normalized spacial score (nSPS) is 10.2. The molecule has 0 radical (unpaired) electrons. The molecule has 3 aromatic rings. The minimum atomic E-state index is 0.534. The Labute approximate surface area is 142 Å². The summed E-state index contributed by atoms with van der Waals surface area (Å²) in [6, 6.07) is 18.2. The molecule has 0 saturated heterocycles. The highest BCUT2D eigenvalue weighted by molar-refractivity contribution is 5.71. The summed E-state index contributed by atoms with van der Waals surface area (Å²) in [7, 11) is 0. The number of hydrogen-bond donors (Lipinski definition) is 1. The van der Waals surface area contributed by atoms with Gasteiger partial charge in [-0.25, -0.2) is 4.98 Å². The van der Waals surface area contributed by atoms with Crippen LogP contribution in [0, 0.1) is 32.1 Å². The van der Waals surface area contributed by atoms with Crippen LogP contribution in [0.3, 0.4) is 0 Å². The van der Waals surface area contributed by atoms with Crippen molar-refractivity contribution in [2.24, 2.45) is 0 Å². The number of nitrogens with zero attached hydrogens (tertiary/aromatic N) is 2. The van der Waals surface area contributed by atoms with Gasteiger partial charge in [0.05, 0.1) is 5.56 Å². The van der Waals surface area contributed by atoms with Gasteiger partial charge in [-0.3, -0.25) is 0 Å². The van der Waals surface area contributed by atoms with Gasteiger partial charge in [-0.1, -0.05) is 30.3 Å². The van der Waals surface area contributed by atoms with Gasteiger partial charge in [0, 0.05) is 17.4 Å². The summed E-state index contributed by atoms with van der Waals surface area (Å²) in [5.74, 6) is 0.583. The van der Waals surface area contributed by atoms with Crippen LogP contribution < -0.4 is 5.32 Å². The van der Waals surface area contributed by atoms with E-state index < -0.39 is 0 Å². The maximum Gasteiger partial charge on any atom is 0.148 e.